The summed E-state index contributed by atoms with van der Waals surface area (Å²) in [5, 5.41) is 9.47. The number of piperidine rings is 1. The van der Waals surface area contributed by atoms with Gasteiger partial charge in [-0.05, 0) is 37.8 Å². The van der Waals surface area contributed by atoms with Gasteiger partial charge in [-0.1, -0.05) is 13.3 Å². The Morgan fingerprint density at radius 1 is 1.29 bits per heavy atom. The van der Waals surface area contributed by atoms with Crippen LogP contribution >= 0.6 is 0 Å². The summed E-state index contributed by atoms with van der Waals surface area (Å²) in [5.41, 5.74) is -0.112. The zero-order valence-electron chi connectivity index (χ0n) is 17.3. The molecule has 0 aliphatic carbocycles. The number of carbonyl (C=O) groups is 2. The lowest BCUT2D eigenvalue weighted by molar-refractivity contribution is -0.135. The highest BCUT2D eigenvalue weighted by atomic mass is 19.1. The number of aromatic carboxylic acids is 1. The van der Waals surface area contributed by atoms with Crippen LogP contribution in [-0.4, -0.2) is 38.4 Å². The van der Waals surface area contributed by atoms with E-state index < -0.39 is 17.6 Å². The predicted molar refractivity (Wildman–Crippen MR) is 108 cm³/mol. The number of hydrogen-bond donors (Lipinski definition) is 1. The fourth-order valence-corrected chi connectivity index (χ4v) is 3.59. The van der Waals surface area contributed by atoms with Gasteiger partial charge in [-0.3, -0.25) is 4.79 Å². The molecule has 1 saturated heterocycles. The van der Waals surface area contributed by atoms with E-state index in [0.29, 0.717) is 31.3 Å². The minimum absolute atomic E-state index is 0.0312. The van der Waals surface area contributed by atoms with E-state index in [0.717, 1.165) is 37.8 Å². The third kappa shape index (κ3) is 5.53. The van der Waals surface area contributed by atoms with E-state index in [-0.39, 0.29) is 35.6 Å². The van der Waals surface area contributed by atoms with Gasteiger partial charge in [-0.25, -0.2) is 23.5 Å². The summed E-state index contributed by atoms with van der Waals surface area (Å²) < 4.78 is 32.3. The maximum absolute atomic E-state index is 13.9. The van der Waals surface area contributed by atoms with Crippen molar-refractivity contribution in [2.45, 2.75) is 58.1 Å². The predicted octanol–water partition coefficient (Wildman–Crippen LogP) is 4.28. The molecule has 1 N–H and O–H groups in total. The number of likely N-dealkylation sites (tertiary alicyclic amines) is 1. The molecule has 1 aromatic carbocycles. The van der Waals surface area contributed by atoms with Crippen LogP contribution < -0.4 is 4.74 Å². The number of rotatable bonds is 8. The Bertz CT molecular complexity index is 954. The molecule has 0 bridgehead atoms. The van der Waals surface area contributed by atoms with E-state index in [1.807, 2.05) is 6.92 Å². The van der Waals surface area contributed by atoms with Crippen LogP contribution in [0.2, 0.25) is 0 Å². The van der Waals surface area contributed by atoms with E-state index in [4.69, 9.17) is 4.74 Å². The Morgan fingerprint density at radius 2 is 2.10 bits per heavy atom. The van der Waals surface area contributed by atoms with Crippen LogP contribution in [0.3, 0.4) is 0 Å². The maximum Gasteiger partial charge on any atom is 0.339 e. The zero-order valence-corrected chi connectivity index (χ0v) is 17.3. The molecule has 1 aliphatic heterocycles. The lowest BCUT2D eigenvalue weighted by atomic mass is 10.00. The molecule has 2 heterocycles. The number of carboxylic acids is 1. The second-order valence-electron chi connectivity index (χ2n) is 7.46. The Kier molecular flexibility index (Phi) is 7.49. The van der Waals surface area contributed by atoms with Gasteiger partial charge in [0.25, 0.3) is 0 Å². The summed E-state index contributed by atoms with van der Waals surface area (Å²) in [6.07, 6.45) is 5.81. The van der Waals surface area contributed by atoms with E-state index in [9.17, 15) is 23.5 Å². The van der Waals surface area contributed by atoms with Crippen molar-refractivity contribution in [3.05, 3.63) is 53.1 Å². The fraction of sp³-hybridized carbons (Fsp3) is 0.455. The van der Waals surface area contributed by atoms with Crippen molar-refractivity contribution in [3.8, 4) is 5.75 Å². The van der Waals surface area contributed by atoms with Crippen LogP contribution in [0.1, 0.15) is 73.4 Å². The number of carboxylic acid groups (broad SMARTS) is 1. The van der Waals surface area contributed by atoms with Crippen molar-refractivity contribution in [2.24, 2.45) is 0 Å². The topological polar surface area (TPSA) is 92.6 Å². The van der Waals surface area contributed by atoms with Crippen LogP contribution in [0.15, 0.2) is 24.4 Å². The highest BCUT2D eigenvalue weighted by Gasteiger charge is 2.30. The first-order valence-electron chi connectivity index (χ1n) is 10.4. The number of carbonyl (C=O) groups excluding carboxylic acids is 1. The molecule has 3 rings (SSSR count). The first kappa shape index (κ1) is 22.6. The van der Waals surface area contributed by atoms with Crippen molar-refractivity contribution in [1.29, 1.82) is 0 Å². The Labute approximate surface area is 179 Å². The smallest absolute Gasteiger partial charge is 0.339 e. The summed E-state index contributed by atoms with van der Waals surface area (Å²) in [5.74, 6) is -2.73. The molecular weight excluding hydrogens is 408 g/mol. The zero-order chi connectivity index (χ0) is 22.4. The van der Waals surface area contributed by atoms with Gasteiger partial charge in [0.15, 0.2) is 17.4 Å². The average Bonchev–Trinajstić information content (AvgIpc) is 2.76. The third-order valence-corrected chi connectivity index (χ3v) is 5.24. The molecule has 9 heteroatoms. The van der Waals surface area contributed by atoms with E-state index in [2.05, 4.69) is 9.97 Å². The molecule has 1 fully saturated rings. The number of aromatic nitrogens is 2. The molecule has 1 aliphatic rings. The average molecular weight is 433 g/mol. The second-order valence-corrected chi connectivity index (χ2v) is 7.46. The largest absolute Gasteiger partial charge is 0.484 e. The highest BCUT2D eigenvalue weighted by Crippen LogP contribution is 2.30. The fourth-order valence-electron chi connectivity index (χ4n) is 3.59. The normalized spacial score (nSPS) is 16.2. The molecule has 0 radical (unpaired) electrons. The molecule has 7 nitrogen and oxygen atoms in total. The summed E-state index contributed by atoms with van der Waals surface area (Å²) in [6.45, 7) is 2.28. The number of unbranched alkanes of at least 4 members (excludes halogenated alkanes) is 1. The van der Waals surface area contributed by atoms with Gasteiger partial charge < -0.3 is 14.7 Å². The van der Waals surface area contributed by atoms with Crippen LogP contribution in [0, 0.1) is 11.6 Å². The Morgan fingerprint density at radius 3 is 2.81 bits per heavy atom. The summed E-state index contributed by atoms with van der Waals surface area (Å²) >= 11 is 0. The number of amides is 1. The van der Waals surface area contributed by atoms with Gasteiger partial charge in [0.05, 0.1) is 11.7 Å². The van der Waals surface area contributed by atoms with Gasteiger partial charge in [-0.2, -0.15) is 0 Å². The van der Waals surface area contributed by atoms with Gasteiger partial charge in [-0.15, -0.1) is 0 Å². The minimum Gasteiger partial charge on any atom is -0.484 e. The molecule has 1 atom stereocenters. The number of hydrogen-bond acceptors (Lipinski definition) is 5. The molecule has 2 aromatic rings. The maximum atomic E-state index is 13.9. The lowest BCUT2D eigenvalue weighted by Crippen LogP contribution is -2.39. The Balaban J connectivity index is 1.85. The second kappa shape index (κ2) is 10.3. The SMILES string of the molecule is CCCCC(=O)N1CCCC[C@@H]1c1ncc(C(=O)O)c(COc2ccc(F)cc2F)n1. The van der Waals surface area contributed by atoms with Gasteiger partial charge >= 0.3 is 5.97 Å². The summed E-state index contributed by atoms with van der Waals surface area (Å²) in [7, 11) is 0. The number of halogens is 2. The minimum atomic E-state index is -1.25. The van der Waals surface area contributed by atoms with E-state index >= 15 is 0 Å². The standard InChI is InChI=1S/C22H25F2N3O4/c1-2-3-7-20(28)27-10-5-4-6-18(27)21-25-12-15(22(29)30)17(26-21)13-31-19-9-8-14(23)11-16(19)24/h8-9,11-12,18H,2-7,10,13H2,1H3,(H,29,30)/t18-/m1/s1. The van der Waals surface area contributed by atoms with Crippen molar-refractivity contribution >= 4 is 11.9 Å². The van der Waals surface area contributed by atoms with Gasteiger partial charge in [0.2, 0.25) is 5.91 Å². The molecule has 166 valence electrons. The lowest BCUT2D eigenvalue weighted by Gasteiger charge is -2.35. The molecule has 31 heavy (non-hydrogen) atoms. The van der Waals surface area contributed by atoms with Crippen molar-refractivity contribution < 1.29 is 28.2 Å². The molecule has 0 unspecified atom stereocenters. The number of benzene rings is 1. The molecule has 1 amide bonds. The van der Waals surface area contributed by atoms with Crippen molar-refractivity contribution in [3.63, 3.8) is 0 Å². The summed E-state index contributed by atoms with van der Waals surface area (Å²) in [4.78, 5) is 34.6. The van der Waals surface area contributed by atoms with Gasteiger partial charge in [0, 0.05) is 25.2 Å². The molecule has 0 saturated carbocycles. The third-order valence-electron chi connectivity index (χ3n) is 5.24. The molecule has 1 aromatic heterocycles. The quantitative estimate of drug-likeness (QED) is 0.668. The monoisotopic (exact) mass is 433 g/mol. The first-order chi connectivity index (χ1) is 14.9. The van der Waals surface area contributed by atoms with E-state index in [1.165, 1.54) is 6.20 Å². The molecule has 0 spiro atoms. The summed E-state index contributed by atoms with van der Waals surface area (Å²) in [6, 6.07) is 2.51. The van der Waals surface area contributed by atoms with Crippen LogP contribution in [0.4, 0.5) is 8.78 Å². The van der Waals surface area contributed by atoms with Crippen molar-refractivity contribution in [2.75, 3.05) is 6.54 Å². The van der Waals surface area contributed by atoms with Gasteiger partial charge in [0.1, 0.15) is 18.0 Å². The Hall–Kier alpha value is -3.10. The number of nitrogens with zero attached hydrogens (tertiary/aromatic N) is 3. The number of ether oxygens (including phenoxy) is 1. The van der Waals surface area contributed by atoms with Crippen LogP contribution in [0.25, 0.3) is 0 Å². The highest BCUT2D eigenvalue weighted by molar-refractivity contribution is 5.88. The first-order valence-corrected chi connectivity index (χ1v) is 10.4. The molecular formula is C22H25F2N3O4. The van der Waals surface area contributed by atoms with E-state index in [1.54, 1.807) is 4.90 Å². The van der Waals surface area contributed by atoms with Crippen molar-refractivity contribution in [1.82, 2.24) is 14.9 Å². The van der Waals surface area contributed by atoms with Crippen LogP contribution in [-0.2, 0) is 11.4 Å². The van der Waals surface area contributed by atoms with Crippen LogP contribution in [0.5, 0.6) is 5.75 Å².